The van der Waals surface area contributed by atoms with Gasteiger partial charge in [0.25, 0.3) is 0 Å². The second-order valence-electron chi connectivity index (χ2n) is 6.93. The van der Waals surface area contributed by atoms with E-state index in [4.69, 9.17) is 9.47 Å². The number of hydrogen-bond donors (Lipinski definition) is 0. The zero-order chi connectivity index (χ0) is 14.0. The van der Waals surface area contributed by atoms with Crippen LogP contribution in [0.15, 0.2) is 23.8 Å². The molecular formula is C18H21NO2. The number of hydrogen-bond acceptors (Lipinski definition) is 3. The van der Waals surface area contributed by atoms with E-state index in [1.165, 1.54) is 43.5 Å². The molecule has 1 saturated heterocycles. The van der Waals surface area contributed by atoms with Gasteiger partial charge in [0.15, 0.2) is 11.5 Å². The Morgan fingerprint density at radius 2 is 2.05 bits per heavy atom. The minimum Gasteiger partial charge on any atom is -0.454 e. The lowest BCUT2D eigenvalue weighted by molar-refractivity contribution is 0.137. The van der Waals surface area contributed by atoms with Gasteiger partial charge >= 0.3 is 0 Å². The molecule has 110 valence electrons. The van der Waals surface area contributed by atoms with Gasteiger partial charge in [0, 0.05) is 18.0 Å². The Bertz CT molecular complexity index is 651. The maximum atomic E-state index is 5.64. The maximum Gasteiger partial charge on any atom is 0.231 e. The summed E-state index contributed by atoms with van der Waals surface area (Å²) in [7, 11) is 0. The van der Waals surface area contributed by atoms with Crippen LogP contribution >= 0.6 is 0 Å². The van der Waals surface area contributed by atoms with Crippen molar-refractivity contribution >= 4 is 0 Å². The fraction of sp³-hybridized carbons (Fsp3) is 0.556. The van der Waals surface area contributed by atoms with Crippen LogP contribution in [0.3, 0.4) is 0 Å². The molecule has 4 aliphatic rings. The first-order valence-corrected chi connectivity index (χ1v) is 8.12. The second kappa shape index (κ2) is 4.04. The monoisotopic (exact) mass is 283 g/mol. The highest BCUT2D eigenvalue weighted by atomic mass is 16.7. The van der Waals surface area contributed by atoms with Crippen molar-refractivity contribution in [2.45, 2.75) is 44.1 Å². The summed E-state index contributed by atoms with van der Waals surface area (Å²) >= 11 is 0. The molecule has 0 aromatic heterocycles. The minimum atomic E-state index is 0.350. The lowest BCUT2D eigenvalue weighted by atomic mass is 9.76. The molecule has 3 heterocycles. The van der Waals surface area contributed by atoms with E-state index < -0.39 is 0 Å². The molecule has 3 aliphatic heterocycles. The Labute approximate surface area is 125 Å². The van der Waals surface area contributed by atoms with E-state index in [1.807, 2.05) is 0 Å². The zero-order valence-electron chi connectivity index (χ0n) is 12.5. The van der Waals surface area contributed by atoms with E-state index in [0.29, 0.717) is 18.2 Å². The molecule has 0 saturated carbocycles. The number of nitrogens with zero attached hydrogens (tertiary/aromatic N) is 1. The van der Waals surface area contributed by atoms with E-state index in [0.717, 1.165) is 17.9 Å². The predicted molar refractivity (Wildman–Crippen MR) is 80.9 cm³/mol. The summed E-state index contributed by atoms with van der Waals surface area (Å²) in [4.78, 5) is 2.76. The molecule has 3 heteroatoms. The smallest absolute Gasteiger partial charge is 0.231 e. The third-order valence-corrected chi connectivity index (χ3v) is 6.03. The molecule has 1 aliphatic carbocycles. The van der Waals surface area contributed by atoms with Crippen molar-refractivity contribution in [3.05, 3.63) is 34.9 Å². The fourth-order valence-electron chi connectivity index (χ4n) is 5.12. The molecule has 1 fully saturated rings. The second-order valence-corrected chi connectivity index (χ2v) is 6.93. The Morgan fingerprint density at radius 3 is 2.95 bits per heavy atom. The number of fused-ring (bicyclic) bond motifs is 3. The zero-order valence-corrected chi connectivity index (χ0v) is 12.5. The summed E-state index contributed by atoms with van der Waals surface area (Å²) in [6.07, 6.45) is 7.51. The van der Waals surface area contributed by atoms with Crippen molar-refractivity contribution < 1.29 is 9.47 Å². The molecule has 1 aromatic rings. The summed E-state index contributed by atoms with van der Waals surface area (Å²) in [5, 5.41) is 0. The van der Waals surface area contributed by atoms with E-state index >= 15 is 0 Å². The molecule has 3 nitrogen and oxygen atoms in total. The van der Waals surface area contributed by atoms with Crippen LogP contribution in [-0.2, 0) is 6.42 Å². The van der Waals surface area contributed by atoms with Crippen molar-refractivity contribution in [2.24, 2.45) is 0 Å². The molecular weight excluding hydrogens is 262 g/mol. The van der Waals surface area contributed by atoms with E-state index in [9.17, 15) is 0 Å². The Hall–Kier alpha value is -1.48. The van der Waals surface area contributed by atoms with Gasteiger partial charge in [0.2, 0.25) is 6.79 Å². The van der Waals surface area contributed by atoms with Crippen molar-refractivity contribution in [1.82, 2.24) is 4.90 Å². The number of benzene rings is 1. The molecule has 21 heavy (non-hydrogen) atoms. The largest absolute Gasteiger partial charge is 0.454 e. The predicted octanol–water partition coefficient (Wildman–Crippen LogP) is 3.24. The Kier molecular flexibility index (Phi) is 2.33. The number of rotatable bonds is 0. The number of ether oxygens (including phenoxy) is 2. The normalized spacial score (nSPS) is 33.2. The lowest BCUT2D eigenvalue weighted by Gasteiger charge is -2.40. The van der Waals surface area contributed by atoms with Crippen LogP contribution in [0.2, 0.25) is 0 Å². The molecule has 0 amide bonds. The van der Waals surface area contributed by atoms with Crippen molar-refractivity contribution in [3.63, 3.8) is 0 Å². The Morgan fingerprint density at radius 1 is 1.19 bits per heavy atom. The molecule has 0 bridgehead atoms. The van der Waals surface area contributed by atoms with Gasteiger partial charge in [-0.05, 0) is 62.4 Å². The highest BCUT2D eigenvalue weighted by molar-refractivity contribution is 5.54. The van der Waals surface area contributed by atoms with Gasteiger partial charge in [-0.1, -0.05) is 11.6 Å². The Balaban J connectivity index is 1.72. The molecule has 2 atom stereocenters. The molecule has 5 rings (SSSR count). The molecule has 0 unspecified atom stereocenters. The molecule has 1 spiro atoms. The lowest BCUT2D eigenvalue weighted by Crippen LogP contribution is -2.45. The van der Waals surface area contributed by atoms with Crippen LogP contribution in [0.5, 0.6) is 11.5 Å². The van der Waals surface area contributed by atoms with E-state index in [-0.39, 0.29) is 0 Å². The highest BCUT2D eigenvalue weighted by Crippen LogP contribution is 2.55. The topological polar surface area (TPSA) is 21.7 Å². The van der Waals surface area contributed by atoms with E-state index in [2.05, 4.69) is 30.0 Å². The van der Waals surface area contributed by atoms with Gasteiger partial charge in [-0.15, -0.1) is 0 Å². The van der Waals surface area contributed by atoms with E-state index in [1.54, 1.807) is 5.57 Å². The van der Waals surface area contributed by atoms with Crippen LogP contribution in [0.25, 0.3) is 0 Å². The van der Waals surface area contributed by atoms with Gasteiger partial charge in [0.05, 0.1) is 0 Å². The first-order chi connectivity index (χ1) is 10.3. The van der Waals surface area contributed by atoms with Crippen LogP contribution in [0, 0.1) is 0 Å². The summed E-state index contributed by atoms with van der Waals surface area (Å²) in [6, 6.07) is 4.51. The standard InChI is InChI=1S/C18H21NO2/c1-12-3-6-18-5-2-7-19(18)8-4-13-9-15-16(21-11-20-15)10-14(13)17(12)18/h3,9-10,17H,2,4-8,11H2,1H3/t17-,18-/m0/s1. The maximum absolute atomic E-state index is 5.64. The average Bonchev–Trinajstić information content (AvgIpc) is 3.15. The van der Waals surface area contributed by atoms with Crippen molar-refractivity contribution in [3.8, 4) is 11.5 Å². The molecule has 0 N–H and O–H groups in total. The summed E-state index contributed by atoms with van der Waals surface area (Å²) in [5.74, 6) is 2.42. The average molecular weight is 283 g/mol. The SMILES string of the molecule is CC1=CC[C@]23CCCN2CCc2cc4c(cc2[C@H]13)OCO4. The molecule has 1 aromatic carbocycles. The summed E-state index contributed by atoms with van der Waals surface area (Å²) in [6.45, 7) is 5.13. The molecule has 0 radical (unpaired) electrons. The third kappa shape index (κ3) is 1.48. The summed E-state index contributed by atoms with van der Waals surface area (Å²) < 4.78 is 11.2. The van der Waals surface area contributed by atoms with Crippen molar-refractivity contribution in [2.75, 3.05) is 19.9 Å². The summed E-state index contributed by atoms with van der Waals surface area (Å²) in [5.41, 5.74) is 4.86. The third-order valence-electron chi connectivity index (χ3n) is 6.03. The van der Waals surface area contributed by atoms with Gasteiger partial charge in [-0.25, -0.2) is 0 Å². The first-order valence-electron chi connectivity index (χ1n) is 8.12. The van der Waals surface area contributed by atoms with Crippen LogP contribution in [0.1, 0.15) is 43.2 Å². The fourth-order valence-corrected chi connectivity index (χ4v) is 5.12. The van der Waals surface area contributed by atoms with Gasteiger partial charge in [0.1, 0.15) is 0 Å². The quantitative estimate of drug-likeness (QED) is 0.682. The van der Waals surface area contributed by atoms with Crippen LogP contribution in [-0.4, -0.2) is 30.3 Å². The highest BCUT2D eigenvalue weighted by Gasteiger charge is 2.51. The first kappa shape index (κ1) is 12.1. The van der Waals surface area contributed by atoms with Crippen molar-refractivity contribution in [1.29, 1.82) is 0 Å². The van der Waals surface area contributed by atoms with Gasteiger partial charge < -0.3 is 9.47 Å². The van der Waals surface area contributed by atoms with Gasteiger partial charge in [-0.3, -0.25) is 4.90 Å². The van der Waals surface area contributed by atoms with Crippen LogP contribution in [0.4, 0.5) is 0 Å². The van der Waals surface area contributed by atoms with Gasteiger partial charge in [-0.2, -0.15) is 0 Å². The van der Waals surface area contributed by atoms with Crippen LogP contribution < -0.4 is 9.47 Å². The minimum absolute atomic E-state index is 0.350.